The van der Waals surface area contributed by atoms with Crippen LogP contribution in [0.25, 0.3) is 0 Å². The van der Waals surface area contributed by atoms with Crippen LogP contribution in [0.2, 0.25) is 0 Å². The minimum atomic E-state index is 0.157. The molecule has 0 aromatic heterocycles. The summed E-state index contributed by atoms with van der Waals surface area (Å²) in [4.78, 5) is 14.9. The number of benzene rings is 1. The summed E-state index contributed by atoms with van der Waals surface area (Å²) in [6.45, 7) is 8.52. The first-order valence-electron chi connectivity index (χ1n) is 8.89. The zero-order valence-electron chi connectivity index (χ0n) is 14.5. The minimum absolute atomic E-state index is 0.157. The third kappa shape index (κ3) is 5.54. The van der Waals surface area contributed by atoms with Gasteiger partial charge in [0, 0.05) is 19.0 Å². The van der Waals surface area contributed by atoms with Crippen LogP contribution in [0.3, 0.4) is 0 Å². The van der Waals surface area contributed by atoms with E-state index >= 15 is 0 Å². The quantitative estimate of drug-likeness (QED) is 0.613. The fraction of sp³-hybridized carbons (Fsp3) is 0.632. The third-order valence-corrected chi connectivity index (χ3v) is 4.04. The van der Waals surface area contributed by atoms with Gasteiger partial charge < -0.3 is 14.4 Å². The molecule has 0 aliphatic carbocycles. The molecular weight excluding hydrogens is 290 g/mol. The molecule has 0 N–H and O–H groups in total. The molecule has 1 aromatic rings. The standard InChI is InChI=1S/C19H29NO3/c1-3-13-22-16-7-8-17(19(15-16)23-14-4-2)18(21)9-12-20-10-5-6-11-20/h7-8,15H,3-6,9-14H2,1-2H3. The normalized spacial score (nSPS) is 14.9. The van der Waals surface area contributed by atoms with E-state index < -0.39 is 0 Å². The molecule has 0 amide bonds. The van der Waals surface area contributed by atoms with Crippen molar-refractivity contribution in [2.45, 2.75) is 46.0 Å². The molecule has 4 heteroatoms. The van der Waals surface area contributed by atoms with Crippen LogP contribution in [0.4, 0.5) is 0 Å². The molecule has 128 valence electrons. The Bertz CT molecular complexity index is 495. The number of ketones is 1. The van der Waals surface area contributed by atoms with E-state index in [9.17, 15) is 4.79 Å². The van der Waals surface area contributed by atoms with Crippen LogP contribution in [-0.4, -0.2) is 43.5 Å². The number of likely N-dealkylation sites (tertiary alicyclic amines) is 1. The highest BCUT2D eigenvalue weighted by atomic mass is 16.5. The Morgan fingerprint density at radius 3 is 2.48 bits per heavy atom. The third-order valence-electron chi connectivity index (χ3n) is 4.04. The van der Waals surface area contributed by atoms with E-state index in [1.807, 2.05) is 18.2 Å². The van der Waals surface area contributed by atoms with Gasteiger partial charge in [-0.1, -0.05) is 13.8 Å². The van der Waals surface area contributed by atoms with Crippen LogP contribution in [0.15, 0.2) is 18.2 Å². The summed E-state index contributed by atoms with van der Waals surface area (Å²) in [7, 11) is 0. The van der Waals surface area contributed by atoms with Crippen molar-refractivity contribution in [2.24, 2.45) is 0 Å². The maximum absolute atomic E-state index is 12.6. The van der Waals surface area contributed by atoms with E-state index in [4.69, 9.17) is 9.47 Å². The fourth-order valence-corrected chi connectivity index (χ4v) is 2.77. The Labute approximate surface area is 139 Å². The number of rotatable bonds is 10. The molecular formula is C19H29NO3. The van der Waals surface area contributed by atoms with Gasteiger partial charge in [0.25, 0.3) is 0 Å². The van der Waals surface area contributed by atoms with Gasteiger partial charge in [-0.2, -0.15) is 0 Å². The van der Waals surface area contributed by atoms with Crippen LogP contribution < -0.4 is 9.47 Å². The summed E-state index contributed by atoms with van der Waals surface area (Å²) in [5, 5.41) is 0. The summed E-state index contributed by atoms with van der Waals surface area (Å²) in [6, 6.07) is 5.58. The summed E-state index contributed by atoms with van der Waals surface area (Å²) < 4.78 is 11.4. The Balaban J connectivity index is 2.02. The number of carbonyl (C=O) groups is 1. The molecule has 1 fully saturated rings. The van der Waals surface area contributed by atoms with Gasteiger partial charge in [-0.25, -0.2) is 0 Å². The first kappa shape index (κ1) is 17.8. The van der Waals surface area contributed by atoms with Crippen LogP contribution in [0.5, 0.6) is 11.5 Å². The molecule has 0 unspecified atom stereocenters. The molecule has 0 saturated carbocycles. The van der Waals surface area contributed by atoms with Crippen molar-refractivity contribution in [3.05, 3.63) is 23.8 Å². The molecule has 0 bridgehead atoms. The van der Waals surface area contributed by atoms with E-state index in [0.29, 0.717) is 30.9 Å². The number of hydrogen-bond acceptors (Lipinski definition) is 4. The van der Waals surface area contributed by atoms with Gasteiger partial charge in [0.15, 0.2) is 5.78 Å². The molecule has 23 heavy (non-hydrogen) atoms. The summed E-state index contributed by atoms with van der Waals surface area (Å²) in [5.41, 5.74) is 0.682. The number of Topliss-reactive ketones (excluding diaryl/α,β-unsaturated/α-hetero) is 1. The Kier molecular flexibility index (Phi) is 7.40. The number of hydrogen-bond donors (Lipinski definition) is 0. The van der Waals surface area contributed by atoms with Crippen LogP contribution in [-0.2, 0) is 0 Å². The number of nitrogens with zero attached hydrogens (tertiary/aromatic N) is 1. The van der Waals surface area contributed by atoms with E-state index in [1.54, 1.807) is 0 Å². The molecule has 0 atom stereocenters. The van der Waals surface area contributed by atoms with Gasteiger partial charge in [0.1, 0.15) is 11.5 Å². The van der Waals surface area contributed by atoms with Crippen LogP contribution >= 0.6 is 0 Å². The first-order chi connectivity index (χ1) is 11.2. The van der Waals surface area contributed by atoms with Gasteiger partial charge in [-0.15, -0.1) is 0 Å². The lowest BCUT2D eigenvalue weighted by Crippen LogP contribution is -2.22. The van der Waals surface area contributed by atoms with Crippen molar-refractivity contribution in [1.82, 2.24) is 4.90 Å². The van der Waals surface area contributed by atoms with E-state index in [0.717, 1.165) is 38.2 Å². The second kappa shape index (κ2) is 9.56. The van der Waals surface area contributed by atoms with Crippen molar-refractivity contribution >= 4 is 5.78 Å². The molecule has 2 rings (SSSR count). The zero-order chi connectivity index (χ0) is 16.5. The average Bonchev–Trinajstić information content (AvgIpc) is 3.09. The van der Waals surface area contributed by atoms with Gasteiger partial charge in [-0.05, 0) is 50.9 Å². The molecule has 4 nitrogen and oxygen atoms in total. The monoisotopic (exact) mass is 319 g/mol. The minimum Gasteiger partial charge on any atom is -0.493 e. The predicted molar refractivity (Wildman–Crippen MR) is 92.6 cm³/mol. The Morgan fingerprint density at radius 2 is 1.78 bits per heavy atom. The van der Waals surface area contributed by atoms with Crippen molar-refractivity contribution in [1.29, 1.82) is 0 Å². The number of ether oxygens (including phenoxy) is 2. The first-order valence-corrected chi connectivity index (χ1v) is 8.89. The molecule has 1 aliphatic heterocycles. The van der Waals surface area contributed by atoms with Gasteiger partial charge in [-0.3, -0.25) is 4.79 Å². The average molecular weight is 319 g/mol. The van der Waals surface area contributed by atoms with Crippen molar-refractivity contribution in [2.75, 3.05) is 32.8 Å². The summed E-state index contributed by atoms with van der Waals surface area (Å²) >= 11 is 0. The summed E-state index contributed by atoms with van der Waals surface area (Å²) in [6.07, 6.45) is 4.94. The SMILES string of the molecule is CCCOc1ccc(C(=O)CCN2CCCC2)c(OCCC)c1. The second-order valence-electron chi connectivity index (χ2n) is 6.08. The van der Waals surface area contributed by atoms with E-state index in [-0.39, 0.29) is 5.78 Å². The largest absolute Gasteiger partial charge is 0.493 e. The highest BCUT2D eigenvalue weighted by Crippen LogP contribution is 2.27. The fourth-order valence-electron chi connectivity index (χ4n) is 2.77. The smallest absolute Gasteiger partial charge is 0.167 e. The maximum atomic E-state index is 12.6. The highest BCUT2D eigenvalue weighted by Gasteiger charge is 2.17. The molecule has 1 aliphatic rings. The lowest BCUT2D eigenvalue weighted by atomic mass is 10.1. The predicted octanol–water partition coefficient (Wildman–Crippen LogP) is 3.93. The Hall–Kier alpha value is -1.55. The highest BCUT2D eigenvalue weighted by molar-refractivity contribution is 5.99. The van der Waals surface area contributed by atoms with Gasteiger partial charge in [0.05, 0.1) is 18.8 Å². The topological polar surface area (TPSA) is 38.8 Å². The van der Waals surface area contributed by atoms with Crippen molar-refractivity contribution < 1.29 is 14.3 Å². The Morgan fingerprint density at radius 1 is 1.09 bits per heavy atom. The molecule has 0 spiro atoms. The van der Waals surface area contributed by atoms with Gasteiger partial charge >= 0.3 is 0 Å². The lowest BCUT2D eigenvalue weighted by Gasteiger charge is -2.16. The second-order valence-corrected chi connectivity index (χ2v) is 6.08. The van der Waals surface area contributed by atoms with Crippen molar-refractivity contribution in [3.8, 4) is 11.5 Å². The maximum Gasteiger partial charge on any atom is 0.167 e. The van der Waals surface area contributed by atoms with Crippen LogP contribution in [0, 0.1) is 0 Å². The van der Waals surface area contributed by atoms with Crippen molar-refractivity contribution in [3.63, 3.8) is 0 Å². The number of carbonyl (C=O) groups excluding carboxylic acids is 1. The molecule has 1 heterocycles. The van der Waals surface area contributed by atoms with E-state index in [1.165, 1.54) is 12.8 Å². The molecule has 1 saturated heterocycles. The molecule has 1 aromatic carbocycles. The van der Waals surface area contributed by atoms with Gasteiger partial charge in [0.2, 0.25) is 0 Å². The van der Waals surface area contributed by atoms with Crippen LogP contribution in [0.1, 0.15) is 56.3 Å². The summed E-state index contributed by atoms with van der Waals surface area (Å²) in [5.74, 6) is 1.59. The molecule has 0 radical (unpaired) electrons. The van der Waals surface area contributed by atoms with E-state index in [2.05, 4.69) is 18.7 Å². The lowest BCUT2D eigenvalue weighted by molar-refractivity contribution is 0.0965. The zero-order valence-corrected chi connectivity index (χ0v) is 14.5.